The van der Waals surface area contributed by atoms with E-state index in [9.17, 15) is 4.79 Å². The number of likely N-dealkylation sites (N-methyl/N-ethyl adjacent to an activating group) is 1. The van der Waals surface area contributed by atoms with Crippen molar-refractivity contribution in [3.05, 3.63) is 54.7 Å². The molecule has 2 aromatic carbocycles. The number of aromatic nitrogens is 1. The van der Waals surface area contributed by atoms with Gasteiger partial charge in [0.1, 0.15) is 11.9 Å². The van der Waals surface area contributed by atoms with Crippen LogP contribution in [0.2, 0.25) is 0 Å². The number of ether oxygens (including phenoxy) is 1. The lowest BCUT2D eigenvalue weighted by Gasteiger charge is -2.36. The van der Waals surface area contributed by atoms with Crippen molar-refractivity contribution in [3.63, 3.8) is 0 Å². The number of fused-ring (bicyclic) bond motifs is 1. The van der Waals surface area contributed by atoms with Crippen LogP contribution in [0.25, 0.3) is 22.0 Å². The molecular formula is C28H34N4O2. The quantitative estimate of drug-likeness (QED) is 0.566. The minimum atomic E-state index is 0.162. The van der Waals surface area contributed by atoms with Crippen molar-refractivity contribution in [2.45, 2.75) is 32.3 Å². The van der Waals surface area contributed by atoms with Crippen LogP contribution in [-0.2, 0) is 4.79 Å². The first-order valence-corrected chi connectivity index (χ1v) is 12.5. The molecule has 0 unspecified atom stereocenters. The lowest BCUT2D eigenvalue weighted by molar-refractivity contribution is -0.132. The summed E-state index contributed by atoms with van der Waals surface area (Å²) in [5.74, 6) is 1.13. The Hall–Kier alpha value is -3.12. The van der Waals surface area contributed by atoms with Gasteiger partial charge in [-0.15, -0.1) is 0 Å². The van der Waals surface area contributed by atoms with Crippen LogP contribution in [0.1, 0.15) is 26.2 Å². The zero-order valence-electron chi connectivity index (χ0n) is 20.2. The van der Waals surface area contributed by atoms with Gasteiger partial charge in [0.05, 0.1) is 11.2 Å². The van der Waals surface area contributed by atoms with Crippen LogP contribution in [0, 0.1) is 0 Å². The molecule has 3 aromatic rings. The molecule has 0 aliphatic carbocycles. The first-order chi connectivity index (χ1) is 16.6. The standard InChI is InChI=1S/C28H34N4O2/c1-3-27(33)31-14-12-23(13-15-31)34-22-10-8-21(9-11-22)25-20-29-26-7-5-4-6-24(26)28(25)32-18-16-30(2)17-19-32/h4-11,20,23H,3,12-19H2,1-2H3. The molecule has 34 heavy (non-hydrogen) atoms. The van der Waals surface area contributed by atoms with Crippen molar-refractivity contribution in [2.24, 2.45) is 0 Å². The van der Waals surface area contributed by atoms with E-state index in [2.05, 4.69) is 65.4 Å². The Kier molecular flexibility index (Phi) is 6.68. The summed E-state index contributed by atoms with van der Waals surface area (Å²) in [6.45, 7) is 7.64. The molecular weight excluding hydrogens is 424 g/mol. The number of para-hydroxylation sites is 1. The highest BCUT2D eigenvalue weighted by atomic mass is 16.5. The lowest BCUT2D eigenvalue weighted by Crippen LogP contribution is -2.44. The van der Waals surface area contributed by atoms with Gasteiger partial charge in [0.25, 0.3) is 0 Å². The number of piperidine rings is 1. The molecule has 0 radical (unpaired) electrons. The fourth-order valence-corrected chi connectivity index (χ4v) is 5.06. The Balaban J connectivity index is 1.36. The van der Waals surface area contributed by atoms with Crippen LogP contribution in [-0.4, -0.2) is 73.1 Å². The van der Waals surface area contributed by atoms with E-state index >= 15 is 0 Å². The zero-order chi connectivity index (χ0) is 23.5. The fraction of sp³-hybridized carbons (Fsp3) is 0.429. The molecule has 2 fully saturated rings. The second-order valence-corrected chi connectivity index (χ2v) is 9.40. The van der Waals surface area contributed by atoms with Gasteiger partial charge < -0.3 is 19.4 Å². The first kappa shape index (κ1) is 22.7. The zero-order valence-corrected chi connectivity index (χ0v) is 20.2. The summed E-state index contributed by atoms with van der Waals surface area (Å²) in [4.78, 5) is 23.5. The van der Waals surface area contributed by atoms with E-state index in [-0.39, 0.29) is 12.0 Å². The van der Waals surface area contributed by atoms with Crippen LogP contribution < -0.4 is 9.64 Å². The Morgan fingerprint density at radius 2 is 1.68 bits per heavy atom. The van der Waals surface area contributed by atoms with E-state index in [1.165, 1.54) is 16.6 Å². The van der Waals surface area contributed by atoms with Gasteiger partial charge in [-0.25, -0.2) is 0 Å². The number of likely N-dealkylation sites (tertiary alicyclic amines) is 1. The minimum Gasteiger partial charge on any atom is -0.490 e. The molecule has 0 N–H and O–H groups in total. The number of hydrogen-bond donors (Lipinski definition) is 0. The molecule has 6 nitrogen and oxygen atoms in total. The van der Waals surface area contributed by atoms with Crippen molar-refractivity contribution < 1.29 is 9.53 Å². The third kappa shape index (κ3) is 4.73. The smallest absolute Gasteiger partial charge is 0.222 e. The van der Waals surface area contributed by atoms with Gasteiger partial charge in [-0.1, -0.05) is 37.3 Å². The molecule has 2 aliphatic rings. The maximum Gasteiger partial charge on any atom is 0.222 e. The average Bonchev–Trinajstić information content (AvgIpc) is 2.89. The summed E-state index contributed by atoms with van der Waals surface area (Å²) < 4.78 is 6.27. The summed E-state index contributed by atoms with van der Waals surface area (Å²) in [7, 11) is 2.19. The van der Waals surface area contributed by atoms with Gasteiger partial charge >= 0.3 is 0 Å². The second-order valence-electron chi connectivity index (χ2n) is 9.40. The molecule has 6 heteroatoms. The largest absolute Gasteiger partial charge is 0.490 e. The van der Waals surface area contributed by atoms with Crippen LogP contribution in [0.3, 0.4) is 0 Å². The highest BCUT2D eigenvalue weighted by molar-refractivity contribution is 5.99. The molecule has 0 atom stereocenters. The topological polar surface area (TPSA) is 48.9 Å². The third-order valence-corrected chi connectivity index (χ3v) is 7.13. The highest BCUT2D eigenvalue weighted by Gasteiger charge is 2.24. The first-order valence-electron chi connectivity index (χ1n) is 12.5. The maximum atomic E-state index is 11.9. The SMILES string of the molecule is CCC(=O)N1CCC(Oc2ccc(-c3cnc4ccccc4c3N3CCN(C)CC3)cc2)CC1. The molecule has 2 saturated heterocycles. The fourth-order valence-electron chi connectivity index (χ4n) is 5.06. The van der Waals surface area contributed by atoms with Crippen LogP contribution in [0.4, 0.5) is 5.69 Å². The molecule has 5 rings (SSSR count). The Morgan fingerprint density at radius 3 is 2.38 bits per heavy atom. The Bertz CT molecular complexity index is 1130. The number of nitrogens with zero attached hydrogens (tertiary/aromatic N) is 4. The number of hydrogen-bond acceptors (Lipinski definition) is 5. The second kappa shape index (κ2) is 10.0. The van der Waals surface area contributed by atoms with Crippen molar-refractivity contribution in [1.29, 1.82) is 0 Å². The number of carbonyl (C=O) groups excluding carboxylic acids is 1. The Morgan fingerprint density at radius 1 is 0.971 bits per heavy atom. The van der Waals surface area contributed by atoms with Gasteiger partial charge in [-0.2, -0.15) is 0 Å². The lowest BCUT2D eigenvalue weighted by atomic mass is 10.0. The van der Waals surface area contributed by atoms with Crippen molar-refractivity contribution in [1.82, 2.24) is 14.8 Å². The van der Waals surface area contributed by atoms with E-state index in [4.69, 9.17) is 9.72 Å². The number of anilines is 1. The number of benzene rings is 2. The molecule has 0 spiro atoms. The van der Waals surface area contributed by atoms with Crippen molar-refractivity contribution >= 4 is 22.5 Å². The molecule has 2 aliphatic heterocycles. The number of piperazine rings is 1. The van der Waals surface area contributed by atoms with Crippen molar-refractivity contribution in [2.75, 3.05) is 51.2 Å². The molecule has 1 aromatic heterocycles. The molecule has 0 saturated carbocycles. The van der Waals surface area contributed by atoms with Gasteiger partial charge in [-0.05, 0) is 30.8 Å². The monoisotopic (exact) mass is 458 g/mol. The number of pyridine rings is 1. The van der Waals surface area contributed by atoms with Gasteiger partial charge in [-0.3, -0.25) is 9.78 Å². The van der Waals surface area contributed by atoms with Crippen LogP contribution >= 0.6 is 0 Å². The highest BCUT2D eigenvalue weighted by Crippen LogP contribution is 2.37. The molecule has 1 amide bonds. The predicted octanol–water partition coefficient (Wildman–Crippen LogP) is 4.43. The predicted molar refractivity (Wildman–Crippen MR) is 137 cm³/mol. The van der Waals surface area contributed by atoms with Gasteiger partial charge in [0.2, 0.25) is 5.91 Å². The maximum absolute atomic E-state index is 11.9. The number of amides is 1. The minimum absolute atomic E-state index is 0.162. The van der Waals surface area contributed by atoms with Gasteiger partial charge in [0.15, 0.2) is 0 Å². The van der Waals surface area contributed by atoms with Crippen LogP contribution in [0.15, 0.2) is 54.7 Å². The summed E-state index contributed by atoms with van der Waals surface area (Å²) in [5, 5.41) is 1.21. The van der Waals surface area contributed by atoms with E-state index in [0.717, 1.165) is 68.9 Å². The summed E-state index contributed by atoms with van der Waals surface area (Å²) >= 11 is 0. The summed E-state index contributed by atoms with van der Waals surface area (Å²) in [6.07, 6.45) is 4.53. The van der Waals surface area contributed by atoms with Gasteiger partial charge in [0, 0.05) is 75.7 Å². The molecule has 0 bridgehead atoms. The number of rotatable bonds is 5. The van der Waals surface area contributed by atoms with Crippen LogP contribution in [0.5, 0.6) is 5.75 Å². The van der Waals surface area contributed by atoms with E-state index in [1.54, 1.807) is 0 Å². The third-order valence-electron chi connectivity index (χ3n) is 7.13. The summed E-state index contributed by atoms with van der Waals surface area (Å²) in [6, 6.07) is 16.9. The number of carbonyl (C=O) groups is 1. The Labute approximate surface area is 202 Å². The average molecular weight is 459 g/mol. The molecule has 3 heterocycles. The van der Waals surface area contributed by atoms with E-state index in [1.807, 2.05) is 18.0 Å². The van der Waals surface area contributed by atoms with E-state index < -0.39 is 0 Å². The normalized spacial score (nSPS) is 17.8. The summed E-state index contributed by atoms with van der Waals surface area (Å²) in [5.41, 5.74) is 4.64. The van der Waals surface area contributed by atoms with E-state index in [0.29, 0.717) is 6.42 Å². The molecule has 178 valence electrons. The van der Waals surface area contributed by atoms with Crippen molar-refractivity contribution in [3.8, 4) is 16.9 Å².